The third kappa shape index (κ3) is 3.32. The molecule has 0 saturated carbocycles. The van der Waals surface area contributed by atoms with Crippen molar-refractivity contribution in [3.8, 4) is 0 Å². The molecule has 0 aliphatic heterocycles. The zero-order valence-corrected chi connectivity index (χ0v) is 15.7. The average molecular weight is 343 g/mol. The normalized spacial score (nSPS) is 15.3. The van der Waals surface area contributed by atoms with Crippen molar-refractivity contribution in [3.05, 3.63) is 48.0 Å². The molecular weight excluding hydrogens is 318 g/mol. The summed E-state index contributed by atoms with van der Waals surface area (Å²) in [6, 6.07) is 14.4. The molecule has 0 radical (unpaired) electrons. The molecule has 3 nitrogen and oxygen atoms in total. The molecule has 3 rings (SSSR count). The molecule has 2 atom stereocenters. The van der Waals surface area contributed by atoms with Crippen molar-refractivity contribution in [2.75, 3.05) is 0 Å². The molecule has 0 saturated heterocycles. The van der Waals surface area contributed by atoms with Gasteiger partial charge in [0.05, 0.1) is 6.04 Å². The summed E-state index contributed by atoms with van der Waals surface area (Å²) < 4.78 is 21.5. The van der Waals surface area contributed by atoms with Crippen molar-refractivity contribution >= 4 is 33.3 Å². The third-order valence-electron chi connectivity index (χ3n) is 4.22. The Labute approximate surface area is 146 Å². The summed E-state index contributed by atoms with van der Waals surface area (Å²) in [6.07, 6.45) is 0. The minimum Gasteiger partial charge on any atom is -0.598 e. The van der Waals surface area contributed by atoms with E-state index in [1.807, 2.05) is 45.0 Å². The zero-order chi connectivity index (χ0) is 17.5. The van der Waals surface area contributed by atoms with Gasteiger partial charge >= 0.3 is 0 Å². The molecule has 4 heteroatoms. The fourth-order valence-corrected chi connectivity index (χ4v) is 3.81. The van der Waals surface area contributed by atoms with E-state index < -0.39 is 11.4 Å². The molecule has 1 heterocycles. The number of hydrogen-bond acceptors (Lipinski definition) is 3. The van der Waals surface area contributed by atoms with Crippen LogP contribution in [-0.4, -0.2) is 9.30 Å². The summed E-state index contributed by atoms with van der Waals surface area (Å²) >= 11 is -1.11. The van der Waals surface area contributed by atoms with Crippen LogP contribution < -0.4 is 4.72 Å². The SMILES string of the molecule is CC(C)[C@@H](N[S@+]([O-])C(C)(C)C)c1ccc2oc3ccccc3c2c1. The first kappa shape index (κ1) is 17.3. The first-order chi connectivity index (χ1) is 11.3. The van der Waals surface area contributed by atoms with Gasteiger partial charge in [0, 0.05) is 22.1 Å². The maximum atomic E-state index is 12.6. The van der Waals surface area contributed by atoms with Crippen molar-refractivity contribution in [1.29, 1.82) is 0 Å². The average Bonchev–Trinajstić information content (AvgIpc) is 2.88. The van der Waals surface area contributed by atoms with Gasteiger partial charge in [-0.3, -0.25) is 0 Å². The second-order valence-corrected chi connectivity index (χ2v) is 9.57. The van der Waals surface area contributed by atoms with Gasteiger partial charge in [0.2, 0.25) is 0 Å². The molecular formula is C20H25NO2S. The van der Waals surface area contributed by atoms with Crippen molar-refractivity contribution < 1.29 is 8.97 Å². The van der Waals surface area contributed by atoms with E-state index >= 15 is 0 Å². The van der Waals surface area contributed by atoms with Gasteiger partial charge in [0.15, 0.2) is 0 Å². The number of fused-ring (bicyclic) bond motifs is 3. The Morgan fingerprint density at radius 3 is 2.33 bits per heavy atom. The number of hydrogen-bond donors (Lipinski definition) is 1. The van der Waals surface area contributed by atoms with Crippen LogP contribution >= 0.6 is 0 Å². The summed E-state index contributed by atoms with van der Waals surface area (Å²) in [5.74, 6) is 0.326. The number of furan rings is 1. The van der Waals surface area contributed by atoms with E-state index in [1.54, 1.807) is 0 Å². The quantitative estimate of drug-likeness (QED) is 0.651. The molecule has 0 fully saturated rings. The van der Waals surface area contributed by atoms with E-state index in [0.717, 1.165) is 27.5 Å². The Morgan fingerprint density at radius 2 is 1.67 bits per heavy atom. The standard InChI is InChI=1S/C20H25NO2S/c1-13(2)19(21-24(22)20(3,4)5)14-10-11-18-16(12-14)15-8-6-7-9-17(15)23-18/h6-13,19,21H,1-5H3/t19-,24-/m1/s1. The van der Waals surface area contributed by atoms with Gasteiger partial charge in [-0.05, 0) is 50.5 Å². The van der Waals surface area contributed by atoms with Crippen molar-refractivity contribution in [2.45, 2.75) is 45.4 Å². The first-order valence-corrected chi connectivity index (χ1v) is 9.51. The van der Waals surface area contributed by atoms with Crippen LogP contribution in [0.4, 0.5) is 0 Å². The number of rotatable bonds is 4. The Kier molecular flexibility index (Phi) is 4.65. The Hall–Kier alpha value is -1.49. The van der Waals surface area contributed by atoms with Gasteiger partial charge in [-0.2, -0.15) is 0 Å². The lowest BCUT2D eigenvalue weighted by Gasteiger charge is -2.30. The molecule has 0 aliphatic rings. The largest absolute Gasteiger partial charge is 0.598 e. The van der Waals surface area contributed by atoms with E-state index in [-0.39, 0.29) is 10.8 Å². The van der Waals surface area contributed by atoms with Crippen molar-refractivity contribution in [3.63, 3.8) is 0 Å². The Balaban J connectivity index is 2.03. The lowest BCUT2D eigenvalue weighted by Crippen LogP contribution is -2.42. The van der Waals surface area contributed by atoms with E-state index in [2.05, 4.69) is 36.8 Å². The predicted octanol–water partition coefficient (Wildman–Crippen LogP) is 5.33. The molecule has 0 bridgehead atoms. The van der Waals surface area contributed by atoms with E-state index in [1.165, 1.54) is 0 Å². The second kappa shape index (κ2) is 6.43. The highest BCUT2D eigenvalue weighted by atomic mass is 32.2. The Morgan fingerprint density at radius 1 is 1.00 bits per heavy atom. The van der Waals surface area contributed by atoms with Gasteiger partial charge < -0.3 is 8.97 Å². The zero-order valence-electron chi connectivity index (χ0n) is 14.9. The van der Waals surface area contributed by atoms with Crippen molar-refractivity contribution in [2.24, 2.45) is 5.92 Å². The molecule has 0 unspecified atom stereocenters. The van der Waals surface area contributed by atoms with Crippen LogP contribution in [-0.2, 0) is 11.4 Å². The van der Waals surface area contributed by atoms with Gasteiger partial charge in [-0.15, -0.1) is 4.72 Å². The first-order valence-electron chi connectivity index (χ1n) is 8.36. The molecule has 0 spiro atoms. The van der Waals surface area contributed by atoms with Gasteiger partial charge in [-0.25, -0.2) is 0 Å². The fourth-order valence-electron chi connectivity index (χ4n) is 2.82. The highest BCUT2D eigenvalue weighted by Gasteiger charge is 2.31. The van der Waals surface area contributed by atoms with Crippen LogP contribution in [0.2, 0.25) is 0 Å². The molecule has 3 aromatic rings. The summed E-state index contributed by atoms with van der Waals surface area (Å²) in [6.45, 7) is 10.3. The lowest BCUT2D eigenvalue weighted by molar-refractivity contribution is 0.452. The van der Waals surface area contributed by atoms with Crippen LogP contribution in [0.3, 0.4) is 0 Å². The van der Waals surface area contributed by atoms with E-state index in [4.69, 9.17) is 4.42 Å². The van der Waals surface area contributed by atoms with Crippen LogP contribution in [0.15, 0.2) is 46.9 Å². The van der Waals surface area contributed by atoms with E-state index in [9.17, 15) is 4.55 Å². The smallest absolute Gasteiger partial charge is 0.136 e. The van der Waals surface area contributed by atoms with Gasteiger partial charge in [0.1, 0.15) is 15.9 Å². The number of nitrogens with one attached hydrogen (secondary N) is 1. The summed E-state index contributed by atoms with van der Waals surface area (Å²) in [5, 5.41) is 2.23. The molecule has 1 N–H and O–H groups in total. The minimum absolute atomic E-state index is 0.0307. The predicted molar refractivity (Wildman–Crippen MR) is 102 cm³/mol. The highest BCUT2D eigenvalue weighted by Crippen LogP contribution is 2.33. The molecule has 128 valence electrons. The van der Waals surface area contributed by atoms with Crippen LogP contribution in [0.5, 0.6) is 0 Å². The maximum absolute atomic E-state index is 12.6. The number of para-hydroxylation sites is 1. The Bertz CT molecular complexity index is 848. The van der Waals surface area contributed by atoms with Crippen LogP contribution in [0, 0.1) is 5.92 Å². The monoisotopic (exact) mass is 343 g/mol. The third-order valence-corrected chi connectivity index (χ3v) is 5.80. The van der Waals surface area contributed by atoms with Gasteiger partial charge in [0.25, 0.3) is 0 Å². The number of benzene rings is 2. The molecule has 2 aromatic carbocycles. The van der Waals surface area contributed by atoms with Crippen molar-refractivity contribution in [1.82, 2.24) is 4.72 Å². The van der Waals surface area contributed by atoms with Gasteiger partial charge in [-0.1, -0.05) is 38.1 Å². The molecule has 24 heavy (non-hydrogen) atoms. The highest BCUT2D eigenvalue weighted by molar-refractivity contribution is 7.90. The fraction of sp³-hybridized carbons (Fsp3) is 0.400. The summed E-state index contributed by atoms with van der Waals surface area (Å²) in [5.41, 5.74) is 2.93. The molecule has 0 amide bonds. The lowest BCUT2D eigenvalue weighted by atomic mass is 9.96. The summed E-state index contributed by atoms with van der Waals surface area (Å²) in [4.78, 5) is 0. The minimum atomic E-state index is -1.11. The summed E-state index contributed by atoms with van der Waals surface area (Å²) in [7, 11) is 0. The van der Waals surface area contributed by atoms with Crippen LogP contribution in [0.25, 0.3) is 21.9 Å². The molecule has 1 aromatic heterocycles. The van der Waals surface area contributed by atoms with E-state index in [0.29, 0.717) is 5.92 Å². The topological polar surface area (TPSA) is 48.2 Å². The maximum Gasteiger partial charge on any atom is 0.136 e. The van der Waals surface area contributed by atoms with Crippen LogP contribution in [0.1, 0.15) is 46.2 Å². The second-order valence-electron chi connectivity index (χ2n) is 7.57. The molecule has 0 aliphatic carbocycles.